The minimum Gasteiger partial charge on any atom is -0.506 e. The molecule has 0 radical (unpaired) electrons. The number of primary amides is 1. The minimum absolute atomic E-state index is 0.00644. The van der Waals surface area contributed by atoms with Crippen molar-refractivity contribution in [3.63, 3.8) is 0 Å². The number of halogens is 1. The summed E-state index contributed by atoms with van der Waals surface area (Å²) in [6, 6.07) is 1.20. The molecule has 0 aromatic carbocycles. The van der Waals surface area contributed by atoms with E-state index in [-0.39, 0.29) is 28.3 Å². The number of pyridine rings is 2. The summed E-state index contributed by atoms with van der Waals surface area (Å²) in [6.07, 6.45) is 2.43. The number of nitrogen functional groups attached to an aromatic ring is 1. The Bertz CT molecular complexity index is 778. The molecule has 0 unspecified atom stereocenters. The van der Waals surface area contributed by atoms with Crippen LogP contribution >= 0.6 is 0 Å². The average molecular weight is 303 g/mol. The molecule has 0 bridgehead atoms. The average Bonchev–Trinajstić information content (AvgIpc) is 2.49. The molecule has 0 spiro atoms. The van der Waals surface area contributed by atoms with E-state index in [2.05, 4.69) is 15.3 Å². The van der Waals surface area contributed by atoms with E-state index in [4.69, 9.17) is 11.5 Å². The molecule has 2 aromatic heterocycles. The van der Waals surface area contributed by atoms with Gasteiger partial charge >= 0.3 is 0 Å². The van der Waals surface area contributed by atoms with E-state index in [1.165, 1.54) is 6.07 Å². The first kappa shape index (κ1) is 14.1. The summed E-state index contributed by atoms with van der Waals surface area (Å²) >= 11 is 0. The van der Waals surface area contributed by atoms with Crippen LogP contribution in [0.2, 0.25) is 0 Å². The van der Waals surface area contributed by atoms with Gasteiger partial charge in [-0.1, -0.05) is 0 Å². The van der Waals surface area contributed by atoms with Crippen LogP contribution in [0.25, 0.3) is 11.1 Å². The number of nitrogens with zero attached hydrogens (tertiary/aromatic N) is 2. The summed E-state index contributed by atoms with van der Waals surface area (Å²) in [7, 11) is 0. The van der Waals surface area contributed by atoms with Crippen molar-refractivity contribution in [1.29, 1.82) is 0 Å². The Hall–Kier alpha value is -2.90. The Morgan fingerprint density at radius 1 is 1.45 bits per heavy atom. The number of nitrogens with two attached hydrogens (primary N) is 2. The van der Waals surface area contributed by atoms with E-state index in [0.717, 1.165) is 12.6 Å². The Kier molecular flexibility index (Phi) is 3.28. The maximum atomic E-state index is 14.1. The summed E-state index contributed by atoms with van der Waals surface area (Å²) in [5.74, 6) is -1.81. The molecule has 6 N–H and O–H groups in total. The van der Waals surface area contributed by atoms with Crippen molar-refractivity contribution in [2.45, 2.75) is 12.8 Å². The number of carbonyl (C=O) groups is 1. The highest BCUT2D eigenvalue weighted by Crippen LogP contribution is 2.40. The van der Waals surface area contributed by atoms with Gasteiger partial charge in [-0.25, -0.2) is 9.97 Å². The first-order valence-electron chi connectivity index (χ1n) is 6.70. The first-order chi connectivity index (χ1) is 10.5. The van der Waals surface area contributed by atoms with Gasteiger partial charge in [-0.05, 0) is 18.9 Å². The van der Waals surface area contributed by atoms with Gasteiger partial charge in [0.2, 0.25) is 5.95 Å². The number of hydrogen-bond donors (Lipinski definition) is 4. The van der Waals surface area contributed by atoms with E-state index in [1.54, 1.807) is 0 Å². The molecular formula is C14H14FN5O2. The topological polar surface area (TPSA) is 127 Å². The fourth-order valence-electron chi connectivity index (χ4n) is 2.57. The molecule has 0 saturated heterocycles. The second-order valence-electron chi connectivity index (χ2n) is 5.00. The number of nitrogens with one attached hydrogen (secondary N) is 1. The number of fused-ring (bicyclic) bond motifs is 1. The first-order valence-corrected chi connectivity index (χ1v) is 6.70. The van der Waals surface area contributed by atoms with Crippen molar-refractivity contribution >= 4 is 17.3 Å². The van der Waals surface area contributed by atoms with E-state index >= 15 is 0 Å². The number of anilines is 2. The monoisotopic (exact) mass is 303 g/mol. The summed E-state index contributed by atoms with van der Waals surface area (Å²) in [4.78, 5) is 19.2. The van der Waals surface area contributed by atoms with Crippen LogP contribution < -0.4 is 16.8 Å². The van der Waals surface area contributed by atoms with Crippen LogP contribution in [0.5, 0.6) is 5.75 Å². The quantitative estimate of drug-likeness (QED) is 0.614. The highest BCUT2D eigenvalue weighted by atomic mass is 19.1. The van der Waals surface area contributed by atoms with Gasteiger partial charge in [0.1, 0.15) is 5.75 Å². The third kappa shape index (κ3) is 2.18. The summed E-state index contributed by atoms with van der Waals surface area (Å²) in [5, 5.41) is 12.7. The fourth-order valence-corrected chi connectivity index (χ4v) is 2.57. The standard InChI is InChI=1S/C14H14FN5O2/c15-13-7(4-6(21)5-19-13)9-10(16)12(14(17)22)20-8-2-1-3-18-11(8)9/h4-5,18,21H,1-3,16H2,(H2,17,22). The highest BCUT2D eigenvalue weighted by molar-refractivity contribution is 6.03. The van der Waals surface area contributed by atoms with Gasteiger partial charge in [0.15, 0.2) is 5.69 Å². The van der Waals surface area contributed by atoms with Gasteiger partial charge in [0, 0.05) is 17.7 Å². The number of rotatable bonds is 2. The van der Waals surface area contributed by atoms with Crippen molar-refractivity contribution in [2.75, 3.05) is 17.6 Å². The third-order valence-electron chi connectivity index (χ3n) is 3.53. The van der Waals surface area contributed by atoms with Crippen LogP contribution in [0.1, 0.15) is 22.6 Å². The maximum absolute atomic E-state index is 14.1. The van der Waals surface area contributed by atoms with E-state index in [0.29, 0.717) is 24.3 Å². The normalized spacial score (nSPS) is 13.3. The molecule has 1 amide bonds. The molecule has 0 atom stereocenters. The van der Waals surface area contributed by atoms with Gasteiger partial charge in [0.25, 0.3) is 5.91 Å². The molecule has 0 saturated carbocycles. The maximum Gasteiger partial charge on any atom is 0.269 e. The molecule has 3 rings (SSSR count). The molecule has 7 nitrogen and oxygen atoms in total. The van der Waals surface area contributed by atoms with Crippen molar-refractivity contribution in [1.82, 2.24) is 9.97 Å². The number of carbonyl (C=O) groups excluding carboxylic acids is 1. The van der Waals surface area contributed by atoms with Crippen LogP contribution in [-0.4, -0.2) is 27.5 Å². The largest absolute Gasteiger partial charge is 0.506 e. The highest BCUT2D eigenvalue weighted by Gasteiger charge is 2.25. The predicted molar refractivity (Wildman–Crippen MR) is 78.8 cm³/mol. The van der Waals surface area contributed by atoms with Crippen molar-refractivity contribution in [3.8, 4) is 16.9 Å². The second kappa shape index (κ2) is 5.14. The molecule has 3 heterocycles. The number of aromatic nitrogens is 2. The Morgan fingerprint density at radius 2 is 2.23 bits per heavy atom. The van der Waals surface area contributed by atoms with Crippen molar-refractivity contribution in [2.24, 2.45) is 5.73 Å². The Balaban J connectivity index is 2.36. The molecule has 8 heteroatoms. The summed E-state index contributed by atoms with van der Waals surface area (Å²) in [6.45, 7) is 0.672. The van der Waals surface area contributed by atoms with E-state index in [9.17, 15) is 14.3 Å². The van der Waals surface area contributed by atoms with E-state index < -0.39 is 11.9 Å². The zero-order valence-corrected chi connectivity index (χ0v) is 11.6. The predicted octanol–water partition coefficient (Wildman–Crippen LogP) is 1.03. The molecule has 2 aromatic rings. The van der Waals surface area contributed by atoms with Gasteiger partial charge in [-0.2, -0.15) is 4.39 Å². The second-order valence-corrected chi connectivity index (χ2v) is 5.00. The summed E-state index contributed by atoms with van der Waals surface area (Å²) in [5.41, 5.74) is 12.5. The van der Waals surface area contributed by atoms with Crippen molar-refractivity contribution < 1.29 is 14.3 Å². The summed E-state index contributed by atoms with van der Waals surface area (Å²) < 4.78 is 14.1. The van der Waals surface area contributed by atoms with Crippen LogP contribution in [-0.2, 0) is 6.42 Å². The van der Waals surface area contributed by atoms with Gasteiger partial charge in [-0.3, -0.25) is 4.79 Å². The number of hydrogen-bond acceptors (Lipinski definition) is 6. The number of aryl methyl sites for hydroxylation is 1. The van der Waals surface area contributed by atoms with Gasteiger partial charge in [-0.15, -0.1) is 0 Å². The van der Waals surface area contributed by atoms with E-state index in [1.807, 2.05) is 0 Å². The lowest BCUT2D eigenvalue weighted by atomic mass is 9.97. The zero-order chi connectivity index (χ0) is 15.9. The number of aromatic hydroxyl groups is 1. The minimum atomic E-state index is -0.805. The molecule has 0 fully saturated rings. The lowest BCUT2D eigenvalue weighted by Crippen LogP contribution is -2.22. The smallest absolute Gasteiger partial charge is 0.269 e. The SMILES string of the molecule is NC(=O)c1nc2c(c(-c3cc(O)cnc3F)c1N)NCCC2. The molecule has 22 heavy (non-hydrogen) atoms. The van der Waals surface area contributed by atoms with Crippen LogP contribution in [0.4, 0.5) is 15.8 Å². The Morgan fingerprint density at radius 3 is 2.95 bits per heavy atom. The molecular weight excluding hydrogens is 289 g/mol. The van der Waals surface area contributed by atoms with Crippen molar-refractivity contribution in [3.05, 3.63) is 29.6 Å². The van der Waals surface area contributed by atoms with Crippen LogP contribution in [0, 0.1) is 5.95 Å². The lowest BCUT2D eigenvalue weighted by molar-refractivity contribution is 0.0996. The van der Waals surface area contributed by atoms with Gasteiger partial charge in [0.05, 0.1) is 23.3 Å². The van der Waals surface area contributed by atoms with Crippen LogP contribution in [0.3, 0.4) is 0 Å². The zero-order valence-electron chi connectivity index (χ0n) is 11.6. The van der Waals surface area contributed by atoms with Gasteiger partial charge < -0.3 is 21.9 Å². The third-order valence-corrected chi connectivity index (χ3v) is 3.53. The molecule has 1 aliphatic rings. The molecule has 0 aliphatic carbocycles. The fraction of sp³-hybridized carbons (Fsp3) is 0.214. The molecule has 1 aliphatic heterocycles. The van der Waals surface area contributed by atoms with Crippen LogP contribution in [0.15, 0.2) is 12.3 Å². The molecule has 114 valence electrons. The Labute approximate surface area is 125 Å². The number of amides is 1. The lowest BCUT2D eigenvalue weighted by Gasteiger charge is -2.23.